The van der Waals surface area contributed by atoms with Crippen LogP contribution in [0.15, 0.2) is 48.7 Å². The first-order valence-electron chi connectivity index (χ1n) is 8.92. The van der Waals surface area contributed by atoms with Crippen LogP contribution in [-0.4, -0.2) is 24.0 Å². The number of primary amides is 1. The van der Waals surface area contributed by atoms with Gasteiger partial charge in [-0.05, 0) is 43.2 Å². The number of nitrogens with one attached hydrogen (secondary N) is 1. The Labute approximate surface area is 158 Å². The molecule has 1 atom stereocenters. The number of ether oxygens (including phenoxy) is 1. The van der Waals surface area contributed by atoms with E-state index in [1.807, 2.05) is 50.2 Å². The van der Waals surface area contributed by atoms with Crippen LogP contribution < -0.4 is 21.5 Å². The van der Waals surface area contributed by atoms with E-state index in [9.17, 15) is 4.79 Å². The fourth-order valence-corrected chi connectivity index (χ4v) is 3.13. The molecule has 0 bridgehead atoms. The summed E-state index contributed by atoms with van der Waals surface area (Å²) in [6, 6.07) is 13.2. The molecule has 0 radical (unpaired) electrons. The van der Waals surface area contributed by atoms with Crippen LogP contribution in [0.25, 0.3) is 10.9 Å². The summed E-state index contributed by atoms with van der Waals surface area (Å²) >= 11 is 0. The maximum absolute atomic E-state index is 11.7. The van der Waals surface area contributed by atoms with Crippen LogP contribution in [0.5, 0.6) is 5.75 Å². The monoisotopic (exact) mass is 364 g/mol. The van der Waals surface area contributed by atoms with Crippen LogP contribution in [0.3, 0.4) is 0 Å². The number of benzene rings is 2. The number of amides is 1. The summed E-state index contributed by atoms with van der Waals surface area (Å²) < 4.78 is 5.50. The molecule has 1 heterocycles. The van der Waals surface area contributed by atoms with Crippen molar-refractivity contribution in [1.82, 2.24) is 4.98 Å². The molecule has 3 aromatic rings. The van der Waals surface area contributed by atoms with Gasteiger partial charge in [0.15, 0.2) is 0 Å². The number of nitrogens with two attached hydrogens (primary N) is 2. The van der Waals surface area contributed by atoms with E-state index in [-0.39, 0.29) is 6.04 Å². The lowest BCUT2D eigenvalue weighted by Gasteiger charge is -2.22. The molecule has 27 heavy (non-hydrogen) atoms. The summed E-state index contributed by atoms with van der Waals surface area (Å²) in [5.41, 5.74) is 15.4. The number of rotatable bonds is 7. The fourth-order valence-electron chi connectivity index (χ4n) is 3.13. The molecule has 6 nitrogen and oxygen atoms in total. The summed E-state index contributed by atoms with van der Waals surface area (Å²) in [7, 11) is 0. The largest absolute Gasteiger partial charge is 0.494 e. The Morgan fingerprint density at radius 3 is 2.59 bits per heavy atom. The van der Waals surface area contributed by atoms with Crippen molar-refractivity contribution < 1.29 is 9.53 Å². The van der Waals surface area contributed by atoms with Gasteiger partial charge in [-0.1, -0.05) is 24.3 Å². The maximum atomic E-state index is 11.7. The van der Waals surface area contributed by atoms with Crippen LogP contribution in [0.1, 0.15) is 34.5 Å². The number of fused-ring (bicyclic) bond motifs is 1. The first-order chi connectivity index (χ1) is 13.0. The van der Waals surface area contributed by atoms with E-state index < -0.39 is 5.91 Å². The van der Waals surface area contributed by atoms with E-state index in [1.54, 1.807) is 12.3 Å². The Hall–Kier alpha value is -3.12. The molecule has 1 amide bonds. The molecule has 1 unspecified atom stereocenters. The molecule has 0 saturated carbocycles. The number of hydrogen-bond donors (Lipinski definition) is 3. The molecular weight excluding hydrogens is 340 g/mol. The van der Waals surface area contributed by atoms with E-state index in [4.69, 9.17) is 16.2 Å². The number of aryl methyl sites for hydroxylation is 1. The first-order valence-corrected chi connectivity index (χ1v) is 8.92. The maximum Gasteiger partial charge on any atom is 0.250 e. The lowest BCUT2D eigenvalue weighted by atomic mass is 10.0. The van der Waals surface area contributed by atoms with E-state index in [1.165, 1.54) is 0 Å². The summed E-state index contributed by atoms with van der Waals surface area (Å²) in [4.78, 5) is 16.1. The number of carbonyl (C=O) groups is 1. The van der Waals surface area contributed by atoms with Crippen LogP contribution in [0.2, 0.25) is 0 Å². The van der Waals surface area contributed by atoms with Crippen LogP contribution in [-0.2, 0) is 0 Å². The first kappa shape index (κ1) is 18.7. The van der Waals surface area contributed by atoms with Gasteiger partial charge < -0.3 is 21.5 Å². The van der Waals surface area contributed by atoms with E-state index in [2.05, 4.69) is 10.3 Å². The van der Waals surface area contributed by atoms with E-state index in [0.717, 1.165) is 28.0 Å². The van der Waals surface area contributed by atoms with Crippen molar-refractivity contribution in [3.63, 3.8) is 0 Å². The highest BCUT2D eigenvalue weighted by Gasteiger charge is 2.16. The average molecular weight is 364 g/mol. The third kappa shape index (κ3) is 3.85. The lowest BCUT2D eigenvalue weighted by Crippen LogP contribution is -2.21. The summed E-state index contributed by atoms with van der Waals surface area (Å²) in [6.07, 6.45) is 1.74. The molecule has 3 rings (SSSR count). The molecule has 0 fully saturated rings. The SMILES string of the molecule is CCOc1ccc(C(CN)Nc2c(C)cnc3c(C(N)=O)cccc23)cc1. The van der Waals surface area contributed by atoms with Crippen molar-refractivity contribution >= 4 is 22.5 Å². The number of aromatic nitrogens is 1. The number of nitrogens with zero attached hydrogens (tertiary/aromatic N) is 1. The van der Waals surface area contributed by atoms with Crippen LogP contribution in [0.4, 0.5) is 5.69 Å². The zero-order chi connectivity index (χ0) is 19.4. The van der Waals surface area contributed by atoms with Crippen molar-refractivity contribution in [2.75, 3.05) is 18.5 Å². The van der Waals surface area contributed by atoms with Crippen LogP contribution >= 0.6 is 0 Å². The Morgan fingerprint density at radius 2 is 1.96 bits per heavy atom. The molecule has 1 aromatic heterocycles. The molecule has 0 saturated heterocycles. The van der Waals surface area contributed by atoms with Crippen molar-refractivity contribution in [2.24, 2.45) is 11.5 Å². The summed E-state index contributed by atoms with van der Waals surface area (Å²) in [6.45, 7) is 4.96. The highest BCUT2D eigenvalue weighted by molar-refractivity contribution is 6.07. The molecule has 0 aliphatic heterocycles. The van der Waals surface area contributed by atoms with E-state index in [0.29, 0.717) is 24.2 Å². The van der Waals surface area contributed by atoms with Gasteiger partial charge in [0.1, 0.15) is 5.75 Å². The second-order valence-electron chi connectivity index (χ2n) is 6.32. The third-order valence-corrected chi connectivity index (χ3v) is 4.50. The van der Waals surface area contributed by atoms with Gasteiger partial charge >= 0.3 is 0 Å². The molecular formula is C21H24N4O2. The average Bonchev–Trinajstić information content (AvgIpc) is 2.68. The van der Waals surface area contributed by atoms with Gasteiger partial charge in [-0.15, -0.1) is 0 Å². The standard InChI is InChI=1S/C21H24N4O2/c1-3-27-15-9-7-14(8-10-15)18(11-22)25-19-13(2)12-24-20-16(19)5-4-6-17(20)21(23)26/h4-10,12,18H,3,11,22H2,1-2H3,(H2,23,26)(H,24,25). The summed E-state index contributed by atoms with van der Waals surface area (Å²) in [5, 5.41) is 4.36. The lowest BCUT2D eigenvalue weighted by molar-refractivity contribution is 0.100. The minimum Gasteiger partial charge on any atom is -0.494 e. The topological polar surface area (TPSA) is 103 Å². The normalized spacial score (nSPS) is 12.0. The quantitative estimate of drug-likeness (QED) is 0.597. The van der Waals surface area contributed by atoms with Gasteiger partial charge in [-0.25, -0.2) is 0 Å². The Kier molecular flexibility index (Phi) is 5.57. The molecule has 0 aliphatic carbocycles. The molecule has 0 aliphatic rings. The minimum absolute atomic E-state index is 0.0952. The molecule has 5 N–H and O–H groups in total. The molecule has 140 valence electrons. The van der Waals surface area contributed by atoms with Crippen molar-refractivity contribution in [2.45, 2.75) is 19.9 Å². The number of anilines is 1. The zero-order valence-corrected chi connectivity index (χ0v) is 15.5. The number of carbonyl (C=O) groups excluding carboxylic acids is 1. The number of pyridine rings is 1. The number of para-hydroxylation sites is 1. The molecule has 2 aromatic carbocycles. The molecule has 0 spiro atoms. The second kappa shape index (κ2) is 8.05. The smallest absolute Gasteiger partial charge is 0.250 e. The second-order valence-corrected chi connectivity index (χ2v) is 6.32. The number of hydrogen-bond acceptors (Lipinski definition) is 5. The Bertz CT molecular complexity index is 954. The van der Waals surface area contributed by atoms with Gasteiger partial charge in [-0.2, -0.15) is 0 Å². The Morgan fingerprint density at radius 1 is 1.22 bits per heavy atom. The van der Waals surface area contributed by atoms with E-state index >= 15 is 0 Å². The minimum atomic E-state index is -0.496. The van der Waals surface area contributed by atoms with Crippen molar-refractivity contribution in [3.05, 3.63) is 65.4 Å². The van der Waals surface area contributed by atoms with Gasteiger partial charge in [0.2, 0.25) is 0 Å². The van der Waals surface area contributed by atoms with Crippen LogP contribution in [0, 0.1) is 6.92 Å². The predicted molar refractivity (Wildman–Crippen MR) is 108 cm³/mol. The van der Waals surface area contributed by atoms with Crippen molar-refractivity contribution in [3.8, 4) is 5.75 Å². The Balaban J connectivity index is 2.00. The van der Waals surface area contributed by atoms with Gasteiger partial charge in [-0.3, -0.25) is 9.78 Å². The predicted octanol–water partition coefficient (Wildman–Crippen LogP) is 3.15. The summed E-state index contributed by atoms with van der Waals surface area (Å²) in [5.74, 6) is 0.332. The zero-order valence-electron chi connectivity index (χ0n) is 15.5. The third-order valence-electron chi connectivity index (χ3n) is 4.50. The van der Waals surface area contributed by atoms with Gasteiger partial charge in [0.05, 0.1) is 23.7 Å². The highest BCUT2D eigenvalue weighted by atomic mass is 16.5. The molecule has 6 heteroatoms. The van der Waals surface area contributed by atoms with Gasteiger partial charge in [0.25, 0.3) is 5.91 Å². The highest BCUT2D eigenvalue weighted by Crippen LogP contribution is 2.31. The van der Waals surface area contributed by atoms with Gasteiger partial charge in [0, 0.05) is 23.8 Å². The van der Waals surface area contributed by atoms with Crippen molar-refractivity contribution in [1.29, 1.82) is 0 Å². The fraction of sp³-hybridized carbons (Fsp3) is 0.238.